The first-order valence-corrected chi connectivity index (χ1v) is 8.58. The molecule has 4 rings (SSSR count). The number of hydrogen-bond acceptors (Lipinski definition) is 3. The maximum Gasteiger partial charge on any atom is 0.339 e. The van der Waals surface area contributed by atoms with Crippen molar-refractivity contribution in [1.29, 1.82) is 0 Å². The number of furan rings is 1. The van der Waals surface area contributed by atoms with E-state index in [2.05, 4.69) is 24.3 Å². The number of benzene rings is 3. The molecule has 4 heteroatoms. The zero-order chi connectivity index (χ0) is 19.0. The number of fused-ring (bicyclic) bond motifs is 2. The van der Waals surface area contributed by atoms with Gasteiger partial charge in [0, 0.05) is 22.1 Å². The fourth-order valence-electron chi connectivity index (χ4n) is 3.41. The van der Waals surface area contributed by atoms with Gasteiger partial charge in [-0.3, -0.25) is 0 Å². The highest BCUT2D eigenvalue weighted by Crippen LogP contribution is 2.37. The second kappa shape index (κ2) is 6.65. The van der Waals surface area contributed by atoms with E-state index >= 15 is 0 Å². The highest BCUT2D eigenvalue weighted by molar-refractivity contribution is 6.18. The number of methoxy groups -OCH3 is 1. The quantitative estimate of drug-likeness (QED) is 0.379. The molecule has 1 aromatic heterocycles. The maximum atomic E-state index is 11.7. The predicted octanol–water partition coefficient (Wildman–Crippen LogP) is 5.63. The van der Waals surface area contributed by atoms with Crippen LogP contribution in [0.3, 0.4) is 0 Å². The lowest BCUT2D eigenvalue weighted by molar-refractivity contribution is -0.130. The lowest BCUT2D eigenvalue weighted by atomic mass is 10.0. The molecule has 134 valence electrons. The Balaban J connectivity index is 1.95. The van der Waals surface area contributed by atoms with Crippen molar-refractivity contribution in [3.8, 4) is 11.3 Å². The molecule has 0 aliphatic heterocycles. The summed E-state index contributed by atoms with van der Waals surface area (Å²) in [7, 11) is 1.43. The highest BCUT2D eigenvalue weighted by Gasteiger charge is 2.20. The SMILES string of the molecule is COC=C(C(=O)O)c1cccc2c(C)c(-c3ccc4ccccc4c3)oc12. The number of carboxylic acids is 1. The topological polar surface area (TPSA) is 59.7 Å². The molecule has 0 saturated carbocycles. The van der Waals surface area contributed by atoms with Crippen molar-refractivity contribution in [2.24, 2.45) is 0 Å². The molecule has 3 aromatic carbocycles. The molecule has 0 spiro atoms. The minimum Gasteiger partial charge on any atom is -0.503 e. The van der Waals surface area contributed by atoms with E-state index in [1.165, 1.54) is 13.4 Å². The molecule has 27 heavy (non-hydrogen) atoms. The summed E-state index contributed by atoms with van der Waals surface area (Å²) >= 11 is 0. The number of carboxylic acid groups (broad SMARTS) is 1. The van der Waals surface area contributed by atoms with E-state index in [1.807, 2.05) is 37.3 Å². The van der Waals surface area contributed by atoms with Gasteiger partial charge in [-0.1, -0.05) is 54.6 Å². The smallest absolute Gasteiger partial charge is 0.339 e. The molecule has 1 heterocycles. The van der Waals surface area contributed by atoms with Gasteiger partial charge in [0.15, 0.2) is 0 Å². The standard InChI is InChI=1S/C23H18O4/c1-14-18-8-5-9-19(20(13-26-2)23(24)25)22(18)27-21(14)17-11-10-15-6-3-4-7-16(15)12-17/h3-13H,1-2H3,(H,24,25). The van der Waals surface area contributed by atoms with Crippen LogP contribution in [0, 0.1) is 6.92 Å². The van der Waals surface area contributed by atoms with Crippen LogP contribution < -0.4 is 0 Å². The second-order valence-corrected chi connectivity index (χ2v) is 6.37. The third-order valence-electron chi connectivity index (χ3n) is 4.73. The molecule has 0 unspecified atom stereocenters. The Labute approximate surface area is 156 Å². The van der Waals surface area contributed by atoms with E-state index in [9.17, 15) is 9.90 Å². The summed E-state index contributed by atoms with van der Waals surface area (Å²) in [6, 6.07) is 19.8. The van der Waals surface area contributed by atoms with Gasteiger partial charge in [0.2, 0.25) is 0 Å². The molecule has 0 aliphatic carbocycles. The van der Waals surface area contributed by atoms with Crippen LogP contribution in [0.25, 0.3) is 38.6 Å². The van der Waals surface area contributed by atoms with Gasteiger partial charge in [-0.2, -0.15) is 0 Å². The number of para-hydroxylation sites is 1. The third kappa shape index (κ3) is 2.85. The Hall–Kier alpha value is -3.53. The molecule has 4 aromatic rings. The van der Waals surface area contributed by atoms with Crippen LogP contribution in [0.2, 0.25) is 0 Å². The second-order valence-electron chi connectivity index (χ2n) is 6.37. The molecule has 4 nitrogen and oxygen atoms in total. The highest BCUT2D eigenvalue weighted by atomic mass is 16.5. The van der Waals surface area contributed by atoms with Crippen molar-refractivity contribution < 1.29 is 19.1 Å². The summed E-state index contributed by atoms with van der Waals surface area (Å²) in [4.78, 5) is 11.7. The first-order chi connectivity index (χ1) is 13.1. The van der Waals surface area contributed by atoms with Gasteiger partial charge in [0.05, 0.1) is 13.4 Å². The number of aliphatic carboxylic acids is 1. The summed E-state index contributed by atoms with van der Waals surface area (Å²) in [6.45, 7) is 1.99. The van der Waals surface area contributed by atoms with E-state index < -0.39 is 5.97 Å². The normalized spacial score (nSPS) is 11.9. The molecule has 0 fully saturated rings. The number of aryl methyl sites for hydroxylation is 1. The first kappa shape index (κ1) is 16.9. The van der Waals surface area contributed by atoms with Crippen LogP contribution in [-0.4, -0.2) is 18.2 Å². The lowest BCUT2D eigenvalue weighted by Gasteiger charge is -2.03. The summed E-state index contributed by atoms with van der Waals surface area (Å²) in [5.41, 5.74) is 3.04. The van der Waals surface area contributed by atoms with Crippen LogP contribution in [0.5, 0.6) is 0 Å². The average molecular weight is 358 g/mol. The van der Waals surface area contributed by atoms with Crippen LogP contribution in [0.1, 0.15) is 11.1 Å². The number of rotatable bonds is 4. The minimum atomic E-state index is -1.06. The first-order valence-electron chi connectivity index (χ1n) is 8.58. The van der Waals surface area contributed by atoms with Crippen LogP contribution in [-0.2, 0) is 9.53 Å². The molecule has 0 radical (unpaired) electrons. The minimum absolute atomic E-state index is 0.0573. The fourth-order valence-corrected chi connectivity index (χ4v) is 3.41. The van der Waals surface area contributed by atoms with Gasteiger partial charge in [-0.05, 0) is 23.8 Å². The summed E-state index contributed by atoms with van der Waals surface area (Å²) in [5.74, 6) is -0.323. The van der Waals surface area contributed by atoms with Crippen molar-refractivity contribution in [3.63, 3.8) is 0 Å². The molecular weight excluding hydrogens is 340 g/mol. The number of carbonyl (C=O) groups is 1. The van der Waals surface area contributed by atoms with Crippen molar-refractivity contribution in [2.75, 3.05) is 7.11 Å². The average Bonchev–Trinajstić information content (AvgIpc) is 3.02. The molecule has 0 atom stereocenters. The molecule has 0 saturated heterocycles. The monoisotopic (exact) mass is 358 g/mol. The van der Waals surface area contributed by atoms with E-state index in [-0.39, 0.29) is 5.57 Å². The zero-order valence-electron chi connectivity index (χ0n) is 15.0. The van der Waals surface area contributed by atoms with Crippen LogP contribution >= 0.6 is 0 Å². The van der Waals surface area contributed by atoms with Gasteiger partial charge in [0.25, 0.3) is 0 Å². The lowest BCUT2D eigenvalue weighted by Crippen LogP contribution is -2.00. The van der Waals surface area contributed by atoms with Crippen molar-refractivity contribution in [1.82, 2.24) is 0 Å². The molecule has 1 N–H and O–H groups in total. The third-order valence-corrected chi connectivity index (χ3v) is 4.73. The molecule has 0 aliphatic rings. The van der Waals surface area contributed by atoms with Crippen molar-refractivity contribution in [3.05, 3.63) is 78.1 Å². The summed E-state index contributed by atoms with van der Waals surface area (Å²) in [6.07, 6.45) is 1.23. The van der Waals surface area contributed by atoms with Gasteiger partial charge >= 0.3 is 5.97 Å². The summed E-state index contributed by atoms with van der Waals surface area (Å²) < 4.78 is 11.1. The Kier molecular flexibility index (Phi) is 4.16. The van der Waals surface area contributed by atoms with E-state index in [0.717, 1.165) is 33.0 Å². The van der Waals surface area contributed by atoms with Gasteiger partial charge < -0.3 is 14.3 Å². The van der Waals surface area contributed by atoms with Gasteiger partial charge in [-0.15, -0.1) is 0 Å². The van der Waals surface area contributed by atoms with Gasteiger partial charge in [0.1, 0.15) is 16.9 Å². The summed E-state index contributed by atoms with van der Waals surface area (Å²) in [5, 5.41) is 12.7. The largest absolute Gasteiger partial charge is 0.503 e. The van der Waals surface area contributed by atoms with E-state index in [0.29, 0.717) is 11.1 Å². The van der Waals surface area contributed by atoms with Crippen molar-refractivity contribution in [2.45, 2.75) is 6.92 Å². The molecular formula is C23H18O4. The van der Waals surface area contributed by atoms with Crippen LogP contribution in [0.4, 0.5) is 0 Å². The Morgan fingerprint density at radius 1 is 1.04 bits per heavy atom. The van der Waals surface area contributed by atoms with Gasteiger partial charge in [-0.25, -0.2) is 4.79 Å². The maximum absolute atomic E-state index is 11.7. The van der Waals surface area contributed by atoms with Crippen LogP contribution in [0.15, 0.2) is 71.3 Å². The van der Waals surface area contributed by atoms with Crippen molar-refractivity contribution >= 4 is 33.3 Å². The van der Waals surface area contributed by atoms with E-state index in [4.69, 9.17) is 9.15 Å². The predicted molar refractivity (Wildman–Crippen MR) is 107 cm³/mol. The Morgan fingerprint density at radius 2 is 1.81 bits per heavy atom. The Morgan fingerprint density at radius 3 is 2.56 bits per heavy atom. The zero-order valence-corrected chi connectivity index (χ0v) is 15.0. The molecule has 0 amide bonds. The van der Waals surface area contributed by atoms with E-state index in [1.54, 1.807) is 6.07 Å². The Bertz CT molecular complexity index is 1200. The number of hydrogen-bond donors (Lipinski definition) is 1. The fraction of sp³-hybridized carbons (Fsp3) is 0.0870. The molecule has 0 bridgehead atoms. The number of ether oxygens (including phenoxy) is 1.